The molecule has 3 amide bonds. The minimum absolute atomic E-state index is 0.0365. The van der Waals surface area contributed by atoms with E-state index >= 15 is 0 Å². The van der Waals surface area contributed by atoms with Crippen LogP contribution in [-0.2, 0) is 9.53 Å². The lowest BCUT2D eigenvalue weighted by molar-refractivity contribution is -0.115. The number of halogens is 2. The van der Waals surface area contributed by atoms with E-state index in [1.165, 1.54) is 18.2 Å². The molecule has 0 fully saturated rings. The summed E-state index contributed by atoms with van der Waals surface area (Å²) in [5.74, 6) is -2.07. The van der Waals surface area contributed by atoms with Crippen LogP contribution in [0.3, 0.4) is 0 Å². The monoisotopic (exact) mass is 421 g/mol. The highest BCUT2D eigenvalue weighted by atomic mass is 35.5. The van der Waals surface area contributed by atoms with E-state index in [1.807, 2.05) is 0 Å². The van der Waals surface area contributed by atoms with E-state index in [-0.39, 0.29) is 28.5 Å². The molecule has 0 spiro atoms. The van der Waals surface area contributed by atoms with Crippen LogP contribution in [0.5, 0.6) is 0 Å². The molecule has 0 bridgehead atoms. The van der Waals surface area contributed by atoms with Gasteiger partial charge in [0.15, 0.2) is 0 Å². The van der Waals surface area contributed by atoms with Crippen molar-refractivity contribution < 1.29 is 23.5 Å². The molecule has 0 saturated heterocycles. The van der Waals surface area contributed by atoms with Crippen LogP contribution in [0.15, 0.2) is 42.5 Å². The molecule has 0 atom stereocenters. The lowest BCUT2D eigenvalue weighted by Gasteiger charge is -2.19. The van der Waals surface area contributed by atoms with Gasteiger partial charge in [0, 0.05) is 0 Å². The zero-order chi connectivity index (χ0) is 21.6. The second-order valence-corrected chi connectivity index (χ2v) is 7.41. The molecule has 0 heterocycles. The normalized spacial score (nSPS) is 10.8. The topological polar surface area (TPSA) is 96.5 Å². The predicted octanol–water partition coefficient (Wildman–Crippen LogP) is 4.19. The van der Waals surface area contributed by atoms with Crippen molar-refractivity contribution >= 4 is 40.9 Å². The Morgan fingerprint density at radius 2 is 1.62 bits per heavy atom. The summed E-state index contributed by atoms with van der Waals surface area (Å²) < 4.78 is 19.0. The van der Waals surface area contributed by atoms with E-state index in [1.54, 1.807) is 39.0 Å². The van der Waals surface area contributed by atoms with Gasteiger partial charge in [0.2, 0.25) is 5.91 Å². The predicted molar refractivity (Wildman–Crippen MR) is 109 cm³/mol. The third kappa shape index (κ3) is 6.76. The van der Waals surface area contributed by atoms with Crippen molar-refractivity contribution in [2.75, 3.05) is 17.2 Å². The van der Waals surface area contributed by atoms with Gasteiger partial charge in [0.1, 0.15) is 18.0 Å². The summed E-state index contributed by atoms with van der Waals surface area (Å²) in [7, 11) is 0. The largest absolute Gasteiger partial charge is 0.444 e. The number of carbonyl (C=O) groups excluding carboxylic acids is 3. The molecule has 2 aromatic carbocycles. The molecule has 0 aliphatic carbocycles. The Bertz CT molecular complexity index is 908. The SMILES string of the molecule is CC(C)(C)OC(=O)NCC(=O)Nc1ccccc1NC(=O)c1c(F)cccc1Cl. The van der Waals surface area contributed by atoms with Crippen LogP contribution >= 0.6 is 11.6 Å². The zero-order valence-electron chi connectivity index (χ0n) is 16.1. The second kappa shape index (κ2) is 9.38. The van der Waals surface area contributed by atoms with Crippen LogP contribution < -0.4 is 16.0 Å². The highest BCUT2D eigenvalue weighted by Crippen LogP contribution is 2.24. The van der Waals surface area contributed by atoms with E-state index in [0.717, 1.165) is 6.07 Å². The summed E-state index contributed by atoms with van der Waals surface area (Å²) >= 11 is 5.91. The van der Waals surface area contributed by atoms with Gasteiger partial charge < -0.3 is 20.7 Å². The fourth-order valence-electron chi connectivity index (χ4n) is 2.26. The number of hydrogen-bond acceptors (Lipinski definition) is 4. The average Bonchev–Trinajstić information content (AvgIpc) is 2.60. The molecule has 0 radical (unpaired) electrons. The van der Waals surface area contributed by atoms with Crippen molar-refractivity contribution in [1.82, 2.24) is 5.32 Å². The highest BCUT2D eigenvalue weighted by Gasteiger charge is 2.19. The Kier molecular flexibility index (Phi) is 7.17. The zero-order valence-corrected chi connectivity index (χ0v) is 16.9. The molecule has 2 aromatic rings. The van der Waals surface area contributed by atoms with Gasteiger partial charge >= 0.3 is 6.09 Å². The molecule has 2 rings (SSSR count). The molecular formula is C20H21ClFN3O4. The van der Waals surface area contributed by atoms with Crippen LogP contribution in [0, 0.1) is 5.82 Å². The number of carbonyl (C=O) groups is 3. The van der Waals surface area contributed by atoms with E-state index < -0.39 is 29.3 Å². The molecule has 29 heavy (non-hydrogen) atoms. The fourth-order valence-corrected chi connectivity index (χ4v) is 2.51. The Labute approximate surface area is 172 Å². The maximum Gasteiger partial charge on any atom is 0.408 e. The number of alkyl carbamates (subject to hydrolysis) is 1. The van der Waals surface area contributed by atoms with Crippen LogP contribution in [0.25, 0.3) is 0 Å². The van der Waals surface area contributed by atoms with Gasteiger partial charge in [-0.3, -0.25) is 9.59 Å². The molecule has 0 aliphatic heterocycles. The minimum Gasteiger partial charge on any atom is -0.444 e. The number of nitrogens with one attached hydrogen (secondary N) is 3. The maximum absolute atomic E-state index is 13.9. The van der Waals surface area contributed by atoms with Gasteiger partial charge in [-0.2, -0.15) is 0 Å². The Morgan fingerprint density at radius 1 is 1.00 bits per heavy atom. The molecule has 0 aromatic heterocycles. The van der Waals surface area contributed by atoms with Crippen molar-refractivity contribution in [3.05, 3.63) is 58.9 Å². The number of hydrogen-bond donors (Lipinski definition) is 3. The van der Waals surface area contributed by atoms with Gasteiger partial charge in [-0.1, -0.05) is 29.8 Å². The third-order valence-corrected chi connectivity index (χ3v) is 3.75. The number of rotatable bonds is 5. The van der Waals surface area contributed by atoms with Crippen molar-refractivity contribution in [1.29, 1.82) is 0 Å². The molecular weight excluding hydrogens is 401 g/mol. The van der Waals surface area contributed by atoms with E-state index in [4.69, 9.17) is 16.3 Å². The van der Waals surface area contributed by atoms with Gasteiger partial charge in [0.25, 0.3) is 5.91 Å². The maximum atomic E-state index is 13.9. The summed E-state index contributed by atoms with van der Waals surface area (Å²) in [6.45, 7) is 4.77. The molecule has 3 N–H and O–H groups in total. The van der Waals surface area contributed by atoms with Crippen LogP contribution in [0.1, 0.15) is 31.1 Å². The quantitative estimate of drug-likeness (QED) is 0.674. The molecule has 0 aliphatic rings. The van der Waals surface area contributed by atoms with E-state index in [9.17, 15) is 18.8 Å². The first-order chi connectivity index (χ1) is 13.6. The summed E-state index contributed by atoms with van der Waals surface area (Å²) in [6, 6.07) is 10.3. The van der Waals surface area contributed by atoms with Gasteiger partial charge in [-0.15, -0.1) is 0 Å². The van der Waals surface area contributed by atoms with Crippen molar-refractivity contribution in [3.63, 3.8) is 0 Å². The minimum atomic E-state index is -0.766. The first-order valence-electron chi connectivity index (χ1n) is 8.68. The Balaban J connectivity index is 2.04. The Hall–Kier alpha value is -3.13. The third-order valence-electron chi connectivity index (χ3n) is 3.43. The van der Waals surface area contributed by atoms with Gasteiger partial charge in [0.05, 0.1) is 22.0 Å². The molecule has 154 valence electrons. The fraction of sp³-hybridized carbons (Fsp3) is 0.250. The molecule has 0 unspecified atom stereocenters. The summed E-state index contributed by atoms with van der Waals surface area (Å²) in [5.41, 5.74) is -0.487. The molecule has 7 nitrogen and oxygen atoms in total. The van der Waals surface area contributed by atoms with Gasteiger partial charge in [-0.25, -0.2) is 9.18 Å². The highest BCUT2D eigenvalue weighted by molar-refractivity contribution is 6.34. The summed E-state index contributed by atoms with van der Waals surface area (Å²) in [5, 5.41) is 7.38. The standard InChI is InChI=1S/C20H21ClFN3O4/c1-20(2,3)29-19(28)23-11-16(26)24-14-9-4-5-10-15(14)25-18(27)17-12(21)7-6-8-13(17)22/h4-10H,11H2,1-3H3,(H,23,28)(H,24,26)(H,25,27). The number of ether oxygens (including phenoxy) is 1. The van der Waals surface area contributed by atoms with Crippen molar-refractivity contribution in [2.24, 2.45) is 0 Å². The Morgan fingerprint density at radius 3 is 2.21 bits per heavy atom. The van der Waals surface area contributed by atoms with E-state index in [2.05, 4.69) is 16.0 Å². The van der Waals surface area contributed by atoms with Crippen molar-refractivity contribution in [2.45, 2.75) is 26.4 Å². The lowest BCUT2D eigenvalue weighted by Crippen LogP contribution is -2.37. The first-order valence-corrected chi connectivity index (χ1v) is 9.06. The average molecular weight is 422 g/mol. The summed E-state index contributed by atoms with van der Waals surface area (Å²) in [6.07, 6.45) is -0.733. The lowest BCUT2D eigenvalue weighted by atomic mass is 10.2. The van der Waals surface area contributed by atoms with Crippen LogP contribution in [-0.4, -0.2) is 30.1 Å². The van der Waals surface area contributed by atoms with E-state index in [0.29, 0.717) is 0 Å². The second-order valence-electron chi connectivity index (χ2n) is 7.00. The molecule has 9 heteroatoms. The smallest absolute Gasteiger partial charge is 0.408 e. The number of amides is 3. The summed E-state index contributed by atoms with van der Waals surface area (Å²) in [4.78, 5) is 36.2. The van der Waals surface area contributed by atoms with Crippen LogP contribution in [0.2, 0.25) is 5.02 Å². The first kappa shape index (κ1) is 22.2. The van der Waals surface area contributed by atoms with Crippen LogP contribution in [0.4, 0.5) is 20.6 Å². The number of anilines is 2. The molecule has 0 saturated carbocycles. The van der Waals surface area contributed by atoms with Gasteiger partial charge in [-0.05, 0) is 45.0 Å². The number of para-hydroxylation sites is 2. The number of benzene rings is 2. The van der Waals surface area contributed by atoms with Crippen molar-refractivity contribution in [3.8, 4) is 0 Å².